The van der Waals surface area contributed by atoms with Gasteiger partial charge in [0.15, 0.2) is 0 Å². The first-order valence-corrected chi connectivity index (χ1v) is 19.6. The number of hydrogen-bond acceptors (Lipinski definition) is 3. The highest BCUT2D eigenvalue weighted by atomic mass is 31.1. The topological polar surface area (TPSA) is 49.7 Å². The molecule has 5 aromatic rings. The molecule has 3 nitrogen and oxygen atoms in total. The van der Waals surface area contributed by atoms with E-state index in [2.05, 4.69) is 76.2 Å². The number of fused-ring (bicyclic) bond motifs is 4. The molecule has 0 amide bonds. The van der Waals surface area contributed by atoms with Crippen LogP contribution in [0.15, 0.2) is 84.9 Å². The highest BCUT2D eigenvalue weighted by Gasteiger charge is 2.32. The van der Waals surface area contributed by atoms with Gasteiger partial charge < -0.3 is 14.7 Å². The molecular weight excluding hydrogens is 594 g/mol. The first-order valence-electron chi connectivity index (χ1n) is 18.1. The summed E-state index contributed by atoms with van der Waals surface area (Å²) in [4.78, 5) is 0. The summed E-state index contributed by atoms with van der Waals surface area (Å²) in [5.41, 5.74) is 5.18. The molecule has 0 aliphatic heterocycles. The van der Waals surface area contributed by atoms with Crippen molar-refractivity contribution in [3.8, 4) is 5.75 Å². The normalized spacial score (nSPS) is 16.3. The third-order valence-corrected chi connectivity index (χ3v) is 13.9. The minimum Gasteiger partial charge on any atom is -0.511 e. The van der Waals surface area contributed by atoms with Crippen LogP contribution in [0.25, 0.3) is 32.3 Å². The predicted octanol–water partition coefficient (Wildman–Crippen LogP) is 11.2. The van der Waals surface area contributed by atoms with Gasteiger partial charge in [-0.3, -0.25) is 0 Å². The van der Waals surface area contributed by atoms with Gasteiger partial charge in [-0.2, -0.15) is 0 Å². The Morgan fingerprint density at radius 2 is 1.13 bits per heavy atom. The Bertz CT molecular complexity index is 1740. The predicted molar refractivity (Wildman–Crippen MR) is 205 cm³/mol. The molecule has 2 aliphatic carbocycles. The molecule has 0 aromatic heterocycles. The maximum Gasteiger partial charge on any atom is 0.707 e. The third kappa shape index (κ3) is 8.05. The fraction of sp³-hybridized carbons (Fsp3) is 0.429. The quantitative estimate of drug-likeness (QED) is 0.0801. The van der Waals surface area contributed by atoms with Crippen molar-refractivity contribution in [3.05, 3.63) is 96.1 Å². The molecule has 0 radical (unpaired) electrons. The first-order chi connectivity index (χ1) is 22.8. The lowest BCUT2D eigenvalue weighted by Gasteiger charge is -2.39. The molecule has 0 bridgehead atoms. The van der Waals surface area contributed by atoms with Gasteiger partial charge in [0.1, 0.15) is 5.75 Å². The van der Waals surface area contributed by atoms with E-state index in [1.54, 1.807) is 22.5 Å². The van der Waals surface area contributed by atoms with Crippen LogP contribution in [0.5, 0.6) is 5.75 Å². The zero-order valence-electron chi connectivity index (χ0n) is 28.8. The van der Waals surface area contributed by atoms with Crippen molar-refractivity contribution in [3.63, 3.8) is 0 Å². The van der Waals surface area contributed by atoms with Crippen LogP contribution in [0, 0.1) is 0 Å². The van der Waals surface area contributed by atoms with Gasteiger partial charge in [0.2, 0.25) is 0 Å². The third-order valence-electron chi connectivity index (χ3n) is 10.5. The summed E-state index contributed by atoms with van der Waals surface area (Å²) in [7, 11) is -1.81. The van der Waals surface area contributed by atoms with E-state index >= 15 is 0 Å². The van der Waals surface area contributed by atoms with Crippen molar-refractivity contribution in [2.24, 2.45) is 0 Å². The Morgan fingerprint density at radius 1 is 0.596 bits per heavy atom. The van der Waals surface area contributed by atoms with Crippen LogP contribution in [0.3, 0.4) is 0 Å². The Labute approximate surface area is 283 Å². The van der Waals surface area contributed by atoms with Crippen LogP contribution in [-0.4, -0.2) is 28.7 Å². The van der Waals surface area contributed by atoms with E-state index in [1.807, 2.05) is 30.3 Å². The van der Waals surface area contributed by atoms with E-state index in [1.165, 1.54) is 69.6 Å². The molecular formula is C42H52BO3P. The van der Waals surface area contributed by atoms with Gasteiger partial charge in [0.25, 0.3) is 0 Å². The standard InChI is InChI=1S/C24H39P.C18H13BO3/c1-18(2)20-15-21(19(3)4)17-24(16-20)25(22-11-7-5-8-12-22)23-13-9-6-10-14-23;20-19(21)22-17-7-3-6-12-8-9-15-10-13-4-1-2-5-14(13)11-16(15)18(12)17/h15-19,22-23H,5-14H2,1-4H3;1-11,20-21H. The van der Waals surface area contributed by atoms with Gasteiger partial charge in [-0.05, 0) is 110 Å². The Hall–Kier alpha value is -2.91. The van der Waals surface area contributed by atoms with Crippen LogP contribution >= 0.6 is 7.92 Å². The minimum atomic E-state index is -1.83. The van der Waals surface area contributed by atoms with Gasteiger partial charge in [0.05, 0.1) is 0 Å². The van der Waals surface area contributed by atoms with Crippen LogP contribution in [-0.2, 0) is 0 Å². The molecule has 0 atom stereocenters. The largest absolute Gasteiger partial charge is 0.707 e. The van der Waals surface area contributed by atoms with Crippen molar-refractivity contribution >= 4 is 52.9 Å². The SMILES string of the molecule is CC(C)c1cc(C(C)C)cc(P(C2CCCCC2)C2CCCCC2)c1.OB(O)Oc1cccc2ccc3cc4ccccc4cc3c12. The highest BCUT2D eigenvalue weighted by Crippen LogP contribution is 2.55. The van der Waals surface area contributed by atoms with E-state index in [0.29, 0.717) is 17.6 Å². The average molecular weight is 647 g/mol. The van der Waals surface area contributed by atoms with Crippen LogP contribution in [0.4, 0.5) is 0 Å². The number of rotatable bonds is 7. The Kier molecular flexibility index (Phi) is 11.2. The maximum atomic E-state index is 9.14. The highest BCUT2D eigenvalue weighted by molar-refractivity contribution is 7.67. The number of hydrogen-bond donors (Lipinski definition) is 2. The molecule has 0 heterocycles. The second-order valence-electron chi connectivity index (χ2n) is 14.4. The molecule has 0 spiro atoms. The molecule has 47 heavy (non-hydrogen) atoms. The lowest BCUT2D eigenvalue weighted by Crippen LogP contribution is -2.26. The Morgan fingerprint density at radius 3 is 1.68 bits per heavy atom. The van der Waals surface area contributed by atoms with Crippen molar-refractivity contribution < 1.29 is 14.7 Å². The van der Waals surface area contributed by atoms with Crippen molar-refractivity contribution in [1.29, 1.82) is 0 Å². The molecule has 246 valence electrons. The van der Waals surface area contributed by atoms with Gasteiger partial charge in [0, 0.05) is 5.39 Å². The second-order valence-corrected chi connectivity index (χ2v) is 17.2. The van der Waals surface area contributed by atoms with Crippen LogP contribution in [0.1, 0.15) is 115 Å². The average Bonchev–Trinajstić information content (AvgIpc) is 3.08. The van der Waals surface area contributed by atoms with Gasteiger partial charge in [-0.1, -0.05) is 141 Å². The molecule has 0 saturated heterocycles. The summed E-state index contributed by atoms with van der Waals surface area (Å²) in [6.07, 6.45) is 14.9. The van der Waals surface area contributed by atoms with Crippen molar-refractivity contribution in [2.75, 3.05) is 0 Å². The maximum absolute atomic E-state index is 9.14. The summed E-state index contributed by atoms with van der Waals surface area (Å²) < 4.78 is 5.16. The van der Waals surface area contributed by atoms with Crippen molar-refractivity contribution in [1.82, 2.24) is 0 Å². The zero-order valence-corrected chi connectivity index (χ0v) is 29.7. The van der Waals surface area contributed by atoms with Gasteiger partial charge >= 0.3 is 7.32 Å². The fourth-order valence-corrected chi connectivity index (χ4v) is 11.8. The minimum absolute atomic E-state index is 0.0259. The fourth-order valence-electron chi connectivity index (χ4n) is 7.89. The van der Waals surface area contributed by atoms with E-state index in [0.717, 1.165) is 38.2 Å². The van der Waals surface area contributed by atoms with Crippen LogP contribution < -0.4 is 9.96 Å². The van der Waals surface area contributed by atoms with Crippen LogP contribution in [0.2, 0.25) is 0 Å². The van der Waals surface area contributed by atoms with E-state index < -0.39 is 7.32 Å². The summed E-state index contributed by atoms with van der Waals surface area (Å²) in [5.74, 6) is 1.76. The van der Waals surface area contributed by atoms with Gasteiger partial charge in [-0.15, -0.1) is 0 Å². The first kappa shape index (κ1) is 34.0. The zero-order chi connectivity index (χ0) is 32.9. The molecule has 2 fully saturated rings. The monoisotopic (exact) mass is 646 g/mol. The molecule has 5 aromatic carbocycles. The van der Waals surface area contributed by atoms with Crippen molar-refractivity contribution in [2.45, 2.75) is 115 Å². The molecule has 2 saturated carbocycles. The second kappa shape index (κ2) is 15.5. The lowest BCUT2D eigenvalue weighted by atomic mass is 9.96. The summed E-state index contributed by atoms with van der Waals surface area (Å²) in [6.45, 7) is 9.47. The molecule has 2 aliphatic rings. The van der Waals surface area contributed by atoms with Gasteiger partial charge in [-0.25, -0.2) is 0 Å². The smallest absolute Gasteiger partial charge is 0.511 e. The molecule has 2 N–H and O–H groups in total. The molecule has 5 heteroatoms. The van der Waals surface area contributed by atoms with E-state index in [9.17, 15) is 0 Å². The molecule has 7 rings (SSSR count). The summed E-state index contributed by atoms with van der Waals surface area (Å²) in [5, 5.41) is 26.4. The Balaban J connectivity index is 0.000000165. The lowest BCUT2D eigenvalue weighted by molar-refractivity contribution is 0.289. The summed E-state index contributed by atoms with van der Waals surface area (Å²) in [6, 6.07) is 29.8. The summed E-state index contributed by atoms with van der Waals surface area (Å²) >= 11 is 0. The van der Waals surface area contributed by atoms with E-state index in [-0.39, 0.29) is 7.92 Å². The van der Waals surface area contributed by atoms with E-state index in [4.69, 9.17) is 14.7 Å². The molecule has 0 unspecified atom stereocenters. The number of benzene rings is 5.